The molecule has 0 bridgehead atoms. The Morgan fingerprint density at radius 2 is 1.06 bits per heavy atom. The first-order valence-corrected chi connectivity index (χ1v) is 7.94. The van der Waals surface area contributed by atoms with Crippen LogP contribution in [0.5, 0.6) is 0 Å². The van der Waals surface area contributed by atoms with E-state index < -0.39 is 0 Å². The van der Waals surface area contributed by atoms with Crippen LogP contribution in [0.15, 0.2) is 6.08 Å². The van der Waals surface area contributed by atoms with Crippen molar-refractivity contribution in [3.63, 3.8) is 0 Å². The fraction of sp³-hybridized carbons (Fsp3) is 0.882. The monoisotopic (exact) mass is 253 g/mol. The maximum Gasteiger partial charge on any atom is 0.0462 e. The maximum atomic E-state index is 5.34. The van der Waals surface area contributed by atoms with Crippen molar-refractivity contribution < 1.29 is 4.74 Å². The summed E-state index contributed by atoms with van der Waals surface area (Å²) >= 11 is 0. The highest BCUT2D eigenvalue weighted by Crippen LogP contribution is 2.12. The van der Waals surface area contributed by atoms with Crippen molar-refractivity contribution in [1.29, 1.82) is 0 Å². The molecule has 1 nitrogen and oxygen atoms in total. The number of ether oxygens (including phenoxy) is 1. The van der Waals surface area contributed by atoms with E-state index in [2.05, 4.69) is 0 Å². The van der Waals surface area contributed by atoms with Crippen LogP contribution in [0.4, 0.5) is 0 Å². The maximum absolute atomic E-state index is 5.34. The van der Waals surface area contributed by atoms with E-state index in [9.17, 15) is 0 Å². The Morgan fingerprint density at radius 3 is 1.44 bits per heavy atom. The standard InChI is InChI=1S/C17H33O/c1-3-4-5-6-7-8-9-10-11-12-13-14-15-16-17-18-2/h1,3H,4-17H2,2H3. The van der Waals surface area contributed by atoms with Crippen LogP contribution in [0.2, 0.25) is 0 Å². The Hall–Kier alpha value is -0.300. The molecular weight excluding hydrogens is 220 g/mol. The van der Waals surface area contributed by atoms with Gasteiger partial charge in [-0.2, -0.15) is 0 Å². The highest BCUT2D eigenvalue weighted by Gasteiger charge is 1.93. The van der Waals surface area contributed by atoms with Crippen molar-refractivity contribution in [2.75, 3.05) is 13.7 Å². The molecule has 0 rings (SSSR count). The van der Waals surface area contributed by atoms with Crippen molar-refractivity contribution in [3.05, 3.63) is 12.7 Å². The van der Waals surface area contributed by atoms with Gasteiger partial charge < -0.3 is 4.74 Å². The van der Waals surface area contributed by atoms with E-state index >= 15 is 0 Å². The van der Waals surface area contributed by atoms with Gasteiger partial charge in [0, 0.05) is 13.7 Å². The molecule has 0 fully saturated rings. The first-order chi connectivity index (χ1) is 8.91. The minimum Gasteiger partial charge on any atom is -0.385 e. The van der Waals surface area contributed by atoms with Crippen LogP contribution < -0.4 is 0 Å². The van der Waals surface area contributed by atoms with Crippen molar-refractivity contribution in [3.8, 4) is 0 Å². The third kappa shape index (κ3) is 15.7. The quantitative estimate of drug-likeness (QED) is 0.340. The molecule has 1 radical (unpaired) electrons. The van der Waals surface area contributed by atoms with Crippen LogP contribution in [0.25, 0.3) is 0 Å². The summed E-state index contributed by atoms with van der Waals surface area (Å²) in [4.78, 5) is 0. The van der Waals surface area contributed by atoms with Crippen molar-refractivity contribution in [2.24, 2.45) is 0 Å². The van der Waals surface area contributed by atoms with Gasteiger partial charge >= 0.3 is 0 Å². The smallest absolute Gasteiger partial charge is 0.0462 e. The van der Waals surface area contributed by atoms with Gasteiger partial charge in [0.1, 0.15) is 0 Å². The third-order valence-electron chi connectivity index (χ3n) is 3.47. The lowest BCUT2D eigenvalue weighted by Gasteiger charge is -2.02. The summed E-state index contributed by atoms with van der Waals surface area (Å²) < 4.78 is 5.04. The molecule has 0 aromatic rings. The van der Waals surface area contributed by atoms with Crippen LogP contribution in [0, 0.1) is 6.58 Å². The Bertz CT molecular complexity index is 154. The summed E-state index contributed by atoms with van der Waals surface area (Å²) in [6.07, 6.45) is 19.4. The normalized spacial score (nSPS) is 10.7. The minimum absolute atomic E-state index is 0.932. The van der Waals surface area contributed by atoms with Crippen LogP contribution in [-0.2, 0) is 4.74 Å². The fourth-order valence-electron chi connectivity index (χ4n) is 2.28. The number of methoxy groups -OCH3 is 1. The van der Waals surface area contributed by atoms with Gasteiger partial charge in [0.25, 0.3) is 0 Å². The third-order valence-corrected chi connectivity index (χ3v) is 3.47. The van der Waals surface area contributed by atoms with E-state index in [0.29, 0.717) is 0 Å². The lowest BCUT2D eigenvalue weighted by molar-refractivity contribution is 0.192. The molecule has 0 aromatic heterocycles. The number of hydrogen-bond donors (Lipinski definition) is 0. The van der Waals surface area contributed by atoms with Crippen molar-refractivity contribution >= 4 is 0 Å². The number of hydrogen-bond acceptors (Lipinski definition) is 1. The number of allylic oxidation sites excluding steroid dienone is 1. The largest absolute Gasteiger partial charge is 0.385 e. The predicted molar refractivity (Wildman–Crippen MR) is 80.8 cm³/mol. The van der Waals surface area contributed by atoms with Crippen LogP contribution in [0.3, 0.4) is 0 Å². The van der Waals surface area contributed by atoms with Gasteiger partial charge in [0.05, 0.1) is 0 Å². The van der Waals surface area contributed by atoms with Gasteiger partial charge in [-0.1, -0.05) is 76.9 Å². The molecule has 0 saturated heterocycles. The fourth-order valence-corrected chi connectivity index (χ4v) is 2.28. The molecule has 0 aliphatic heterocycles. The first kappa shape index (κ1) is 17.7. The number of rotatable bonds is 15. The average Bonchev–Trinajstić information content (AvgIpc) is 2.39. The average molecular weight is 253 g/mol. The van der Waals surface area contributed by atoms with E-state index in [1.807, 2.05) is 0 Å². The molecule has 0 aliphatic rings. The molecule has 0 saturated carbocycles. The van der Waals surface area contributed by atoms with Gasteiger partial charge in [-0.15, -0.1) is 0 Å². The van der Waals surface area contributed by atoms with Gasteiger partial charge in [-0.25, -0.2) is 0 Å². The van der Waals surface area contributed by atoms with E-state index in [1.165, 1.54) is 77.0 Å². The number of unbranched alkanes of at least 4 members (excludes halogenated alkanes) is 12. The zero-order valence-corrected chi connectivity index (χ0v) is 12.5. The van der Waals surface area contributed by atoms with Crippen molar-refractivity contribution in [2.45, 2.75) is 83.5 Å². The second kappa shape index (κ2) is 16.7. The molecule has 0 amide bonds. The van der Waals surface area contributed by atoms with E-state index in [1.54, 1.807) is 13.2 Å². The van der Waals surface area contributed by atoms with Crippen LogP contribution in [-0.4, -0.2) is 13.7 Å². The molecule has 0 aromatic carbocycles. The summed E-state index contributed by atoms with van der Waals surface area (Å²) in [6.45, 7) is 6.28. The predicted octanol–water partition coefficient (Wildman–Crippen LogP) is 5.69. The topological polar surface area (TPSA) is 9.23 Å². The summed E-state index contributed by atoms with van der Waals surface area (Å²) in [7, 11) is 1.79. The van der Waals surface area contributed by atoms with E-state index in [0.717, 1.165) is 13.0 Å². The summed E-state index contributed by atoms with van der Waals surface area (Å²) in [5, 5.41) is 0. The SMILES string of the molecule is [CH]=CCCCCCCCCCCCCCCOC. The van der Waals surface area contributed by atoms with Gasteiger partial charge in [0.2, 0.25) is 0 Å². The van der Waals surface area contributed by atoms with Gasteiger partial charge in [-0.3, -0.25) is 0 Å². The molecule has 107 valence electrons. The molecule has 18 heavy (non-hydrogen) atoms. The highest BCUT2D eigenvalue weighted by atomic mass is 16.5. The second-order valence-corrected chi connectivity index (χ2v) is 5.26. The highest BCUT2D eigenvalue weighted by molar-refractivity contribution is 4.61. The lowest BCUT2D eigenvalue weighted by atomic mass is 10.0. The van der Waals surface area contributed by atoms with E-state index in [4.69, 9.17) is 11.3 Å². The molecule has 1 heteroatoms. The summed E-state index contributed by atoms with van der Waals surface area (Å²) in [5.74, 6) is 0. The second-order valence-electron chi connectivity index (χ2n) is 5.26. The molecule has 0 atom stereocenters. The zero-order valence-electron chi connectivity index (χ0n) is 12.5. The molecule has 0 unspecified atom stereocenters. The van der Waals surface area contributed by atoms with Crippen LogP contribution in [0.1, 0.15) is 83.5 Å². The Kier molecular flexibility index (Phi) is 16.4. The zero-order chi connectivity index (χ0) is 13.3. The Balaban J connectivity index is 2.88. The Labute approximate surface area is 115 Å². The van der Waals surface area contributed by atoms with E-state index in [-0.39, 0.29) is 0 Å². The molecule has 0 aliphatic carbocycles. The Morgan fingerprint density at radius 1 is 0.667 bits per heavy atom. The summed E-state index contributed by atoms with van der Waals surface area (Å²) in [6, 6.07) is 0. The van der Waals surface area contributed by atoms with Gasteiger partial charge in [-0.05, 0) is 19.3 Å². The molecular formula is C17H33O. The first-order valence-electron chi connectivity index (χ1n) is 7.94. The van der Waals surface area contributed by atoms with Crippen LogP contribution >= 0.6 is 0 Å². The van der Waals surface area contributed by atoms with Crippen molar-refractivity contribution in [1.82, 2.24) is 0 Å². The molecule has 0 N–H and O–H groups in total. The van der Waals surface area contributed by atoms with Gasteiger partial charge in [0.15, 0.2) is 0 Å². The lowest BCUT2D eigenvalue weighted by Crippen LogP contribution is -1.88. The minimum atomic E-state index is 0.932. The molecule has 0 heterocycles. The summed E-state index contributed by atoms with van der Waals surface area (Å²) in [5.41, 5.74) is 0. The molecule has 0 spiro atoms.